The maximum absolute atomic E-state index is 9.27. The molecule has 1 aromatic carbocycles. The molecule has 0 saturated heterocycles. The van der Waals surface area contributed by atoms with Gasteiger partial charge in [-0.3, -0.25) is 0 Å². The van der Waals surface area contributed by atoms with Crippen molar-refractivity contribution in [1.29, 1.82) is 0 Å². The van der Waals surface area contributed by atoms with Gasteiger partial charge in [0.2, 0.25) is 0 Å². The van der Waals surface area contributed by atoms with Crippen LogP contribution < -0.4 is 5.32 Å². The number of aromatic nitrogens is 2. The lowest BCUT2D eigenvalue weighted by Gasteiger charge is -2.20. The largest absolute Gasteiger partial charge is 0.395 e. The van der Waals surface area contributed by atoms with Crippen molar-refractivity contribution in [2.75, 3.05) is 12.9 Å². The number of nitrogens with one attached hydrogen (secondary N) is 1. The van der Waals surface area contributed by atoms with Crippen LogP contribution in [0.25, 0.3) is 5.69 Å². The van der Waals surface area contributed by atoms with E-state index in [0.717, 1.165) is 11.4 Å². The van der Waals surface area contributed by atoms with Crippen molar-refractivity contribution in [2.24, 2.45) is 0 Å². The van der Waals surface area contributed by atoms with E-state index in [1.54, 1.807) is 11.8 Å². The Hall–Kier alpha value is -1.30. The number of aliphatic hydroxyl groups excluding tert-OH is 1. The number of rotatable bonds is 7. The first-order chi connectivity index (χ1) is 9.74. The van der Waals surface area contributed by atoms with Crippen LogP contribution >= 0.6 is 11.8 Å². The van der Waals surface area contributed by atoms with Gasteiger partial charge in [0.1, 0.15) is 0 Å². The highest BCUT2D eigenvalue weighted by atomic mass is 32.2. The van der Waals surface area contributed by atoms with E-state index in [2.05, 4.69) is 17.3 Å². The molecule has 4 nitrogen and oxygen atoms in total. The van der Waals surface area contributed by atoms with E-state index < -0.39 is 0 Å². The van der Waals surface area contributed by atoms with Crippen molar-refractivity contribution in [3.63, 3.8) is 0 Å². The summed E-state index contributed by atoms with van der Waals surface area (Å²) in [6, 6.07) is 12.3. The van der Waals surface area contributed by atoms with Gasteiger partial charge in [0.25, 0.3) is 0 Å². The molecule has 0 fully saturated rings. The summed E-state index contributed by atoms with van der Waals surface area (Å²) in [5, 5.41) is 17.4. The number of aliphatic hydroxyl groups is 1. The molecule has 0 aliphatic heterocycles. The second-order valence-corrected chi connectivity index (χ2v) is 5.79. The van der Waals surface area contributed by atoms with E-state index in [-0.39, 0.29) is 17.9 Å². The van der Waals surface area contributed by atoms with Gasteiger partial charge in [0, 0.05) is 24.0 Å². The number of thioether (sulfide) groups is 1. The molecule has 108 valence electrons. The number of hydrogen-bond donors (Lipinski definition) is 2. The fraction of sp³-hybridized carbons (Fsp3) is 0.400. The van der Waals surface area contributed by atoms with E-state index >= 15 is 0 Å². The van der Waals surface area contributed by atoms with Crippen LogP contribution in [0.5, 0.6) is 0 Å². The molecule has 2 N–H and O–H groups in total. The third-order valence-electron chi connectivity index (χ3n) is 3.31. The fourth-order valence-corrected chi connectivity index (χ4v) is 2.67. The highest BCUT2D eigenvalue weighted by Gasteiger charge is 2.14. The zero-order valence-electron chi connectivity index (χ0n) is 11.9. The molecule has 2 atom stereocenters. The molecule has 1 heterocycles. The average Bonchev–Trinajstić information content (AvgIpc) is 2.96. The van der Waals surface area contributed by atoms with Crippen LogP contribution in [-0.2, 0) is 6.54 Å². The maximum Gasteiger partial charge on any atom is 0.0766 e. The Labute approximate surface area is 124 Å². The second kappa shape index (κ2) is 7.47. The van der Waals surface area contributed by atoms with Crippen LogP contribution in [0, 0.1) is 0 Å². The van der Waals surface area contributed by atoms with E-state index in [4.69, 9.17) is 0 Å². The number of hydrogen-bond acceptors (Lipinski definition) is 4. The summed E-state index contributed by atoms with van der Waals surface area (Å²) in [6.45, 7) is 2.98. The zero-order valence-corrected chi connectivity index (χ0v) is 12.7. The van der Waals surface area contributed by atoms with E-state index in [0.29, 0.717) is 6.54 Å². The van der Waals surface area contributed by atoms with Gasteiger partial charge in [-0.25, -0.2) is 4.68 Å². The monoisotopic (exact) mass is 291 g/mol. The highest BCUT2D eigenvalue weighted by molar-refractivity contribution is 7.99. The summed E-state index contributed by atoms with van der Waals surface area (Å²) in [5.41, 5.74) is 2.06. The van der Waals surface area contributed by atoms with Crippen LogP contribution in [0.15, 0.2) is 42.6 Å². The van der Waals surface area contributed by atoms with Crippen molar-refractivity contribution in [3.8, 4) is 5.69 Å². The maximum atomic E-state index is 9.27. The van der Waals surface area contributed by atoms with Gasteiger partial charge in [0.15, 0.2) is 0 Å². The minimum Gasteiger partial charge on any atom is -0.395 e. The fourth-order valence-electron chi connectivity index (χ4n) is 2.01. The van der Waals surface area contributed by atoms with Gasteiger partial charge in [-0.2, -0.15) is 16.9 Å². The Morgan fingerprint density at radius 1 is 1.30 bits per heavy atom. The molecule has 0 aliphatic rings. The lowest BCUT2D eigenvalue weighted by molar-refractivity contribution is 0.275. The van der Waals surface area contributed by atoms with E-state index in [1.165, 1.54) is 0 Å². The molecule has 20 heavy (non-hydrogen) atoms. The van der Waals surface area contributed by atoms with Crippen LogP contribution in [0.1, 0.15) is 12.6 Å². The van der Waals surface area contributed by atoms with Crippen LogP contribution in [0.2, 0.25) is 0 Å². The number of nitrogens with zero attached hydrogens (tertiary/aromatic N) is 2. The molecule has 0 radical (unpaired) electrons. The van der Waals surface area contributed by atoms with Gasteiger partial charge in [-0.1, -0.05) is 18.2 Å². The SMILES string of the molecule is CSC(CO)C(C)NCc1ccn(-c2ccccc2)n1. The molecule has 2 rings (SSSR count). The minimum atomic E-state index is 0.188. The summed E-state index contributed by atoms with van der Waals surface area (Å²) in [5.74, 6) is 0. The highest BCUT2D eigenvalue weighted by Crippen LogP contribution is 2.11. The van der Waals surface area contributed by atoms with Gasteiger partial charge in [-0.05, 0) is 31.4 Å². The zero-order chi connectivity index (χ0) is 14.4. The molecule has 0 saturated carbocycles. The molecule has 5 heteroatoms. The summed E-state index contributed by atoms with van der Waals surface area (Å²) >= 11 is 1.68. The van der Waals surface area contributed by atoms with Gasteiger partial charge in [0.05, 0.1) is 18.0 Å². The van der Waals surface area contributed by atoms with Gasteiger partial charge < -0.3 is 10.4 Å². The number of benzene rings is 1. The van der Waals surface area contributed by atoms with E-state index in [1.807, 2.05) is 53.5 Å². The predicted octanol–water partition coefficient (Wildman–Crippen LogP) is 2.07. The quantitative estimate of drug-likeness (QED) is 0.820. The molecule has 0 aliphatic carbocycles. The first-order valence-corrected chi connectivity index (χ1v) is 8.00. The van der Waals surface area contributed by atoms with Crippen molar-refractivity contribution < 1.29 is 5.11 Å². The molecule has 1 aromatic heterocycles. The third-order valence-corrected chi connectivity index (χ3v) is 4.47. The first-order valence-electron chi connectivity index (χ1n) is 6.71. The molecule has 2 aromatic rings. The van der Waals surface area contributed by atoms with Gasteiger partial charge in [-0.15, -0.1) is 0 Å². The van der Waals surface area contributed by atoms with Crippen molar-refractivity contribution in [1.82, 2.24) is 15.1 Å². The minimum absolute atomic E-state index is 0.188. The summed E-state index contributed by atoms with van der Waals surface area (Å²) in [6.07, 6.45) is 3.98. The average molecular weight is 291 g/mol. The Kier molecular flexibility index (Phi) is 5.64. The Morgan fingerprint density at radius 2 is 2.05 bits per heavy atom. The summed E-state index contributed by atoms with van der Waals surface area (Å²) in [7, 11) is 0. The predicted molar refractivity (Wildman–Crippen MR) is 84.3 cm³/mol. The molecule has 0 spiro atoms. The normalized spacial score (nSPS) is 14.2. The topological polar surface area (TPSA) is 50.1 Å². The molecule has 0 bridgehead atoms. The van der Waals surface area contributed by atoms with Crippen LogP contribution in [0.3, 0.4) is 0 Å². The number of para-hydroxylation sites is 1. The van der Waals surface area contributed by atoms with Crippen molar-refractivity contribution in [2.45, 2.75) is 24.8 Å². The first kappa shape index (κ1) is 15.1. The Bertz CT molecular complexity index is 511. The molecule has 2 unspecified atom stereocenters. The Balaban J connectivity index is 1.94. The van der Waals surface area contributed by atoms with E-state index in [9.17, 15) is 5.11 Å². The Morgan fingerprint density at radius 3 is 2.70 bits per heavy atom. The summed E-state index contributed by atoms with van der Waals surface area (Å²) in [4.78, 5) is 0. The second-order valence-electron chi connectivity index (χ2n) is 4.71. The standard InChI is InChI=1S/C15H21N3OS/c1-12(15(11-19)20-2)16-10-13-8-9-18(17-13)14-6-4-3-5-7-14/h3-9,12,15-16,19H,10-11H2,1-2H3. The van der Waals surface area contributed by atoms with Crippen molar-refractivity contribution in [3.05, 3.63) is 48.3 Å². The summed E-state index contributed by atoms with van der Waals surface area (Å²) < 4.78 is 1.87. The molecular weight excluding hydrogens is 270 g/mol. The smallest absolute Gasteiger partial charge is 0.0766 e. The van der Waals surface area contributed by atoms with Crippen molar-refractivity contribution >= 4 is 11.8 Å². The van der Waals surface area contributed by atoms with Gasteiger partial charge >= 0.3 is 0 Å². The van der Waals surface area contributed by atoms with Crippen LogP contribution in [-0.4, -0.2) is 39.0 Å². The van der Waals surface area contributed by atoms with Crippen LogP contribution in [0.4, 0.5) is 0 Å². The molecule has 0 amide bonds. The molecular formula is C15H21N3OS. The lowest BCUT2D eigenvalue weighted by atomic mass is 10.2. The third kappa shape index (κ3) is 3.85. The lowest BCUT2D eigenvalue weighted by Crippen LogP contribution is -2.37.